The molecule has 2 rings (SSSR count). The summed E-state index contributed by atoms with van der Waals surface area (Å²) in [6.07, 6.45) is 4.49. The Morgan fingerprint density at radius 3 is 3.00 bits per heavy atom. The van der Waals surface area contributed by atoms with Gasteiger partial charge in [-0.1, -0.05) is 6.92 Å². The average Bonchev–Trinajstić information content (AvgIpc) is 2.82. The van der Waals surface area contributed by atoms with Crippen LogP contribution in [0.15, 0.2) is 12.5 Å². The fraction of sp³-hybridized carbons (Fsp3) is 0.500. The molecule has 7 nitrogen and oxygen atoms in total. The maximum absolute atomic E-state index is 5.60. The maximum atomic E-state index is 5.60. The van der Waals surface area contributed by atoms with Gasteiger partial charge in [0, 0.05) is 18.3 Å². The summed E-state index contributed by atoms with van der Waals surface area (Å²) < 4.78 is 2.04. The number of rotatable bonds is 5. The number of aryl methyl sites for hydroxylation is 2. The summed E-state index contributed by atoms with van der Waals surface area (Å²) in [6.45, 7) is 6.98. The first-order chi connectivity index (χ1) is 9.11. The van der Waals surface area contributed by atoms with Crippen LogP contribution in [-0.2, 0) is 6.54 Å². The molecule has 0 aromatic carbocycles. The molecule has 0 saturated carbocycles. The van der Waals surface area contributed by atoms with Crippen LogP contribution in [-0.4, -0.2) is 24.7 Å². The highest BCUT2D eigenvalue weighted by atomic mass is 15.3. The van der Waals surface area contributed by atoms with E-state index in [1.54, 1.807) is 12.5 Å². The zero-order valence-electron chi connectivity index (χ0n) is 11.5. The molecule has 0 unspecified atom stereocenters. The minimum Gasteiger partial charge on any atom is -0.368 e. The average molecular weight is 261 g/mol. The van der Waals surface area contributed by atoms with Crippen LogP contribution in [0.3, 0.4) is 0 Å². The van der Waals surface area contributed by atoms with Gasteiger partial charge in [-0.3, -0.25) is 0 Å². The Labute approximate surface area is 112 Å². The van der Waals surface area contributed by atoms with Crippen molar-refractivity contribution in [2.45, 2.75) is 39.8 Å². The van der Waals surface area contributed by atoms with Gasteiger partial charge >= 0.3 is 0 Å². The third kappa shape index (κ3) is 2.98. The van der Waals surface area contributed by atoms with Gasteiger partial charge in [-0.2, -0.15) is 4.98 Å². The number of anilines is 2. The van der Waals surface area contributed by atoms with Gasteiger partial charge in [0.15, 0.2) is 5.82 Å². The summed E-state index contributed by atoms with van der Waals surface area (Å²) in [5.41, 5.74) is 6.55. The first kappa shape index (κ1) is 13.3. The zero-order chi connectivity index (χ0) is 13.8. The Hall–Kier alpha value is -2.18. The topological polar surface area (TPSA) is 94.5 Å². The van der Waals surface area contributed by atoms with Crippen LogP contribution < -0.4 is 11.1 Å². The van der Waals surface area contributed by atoms with Crippen molar-refractivity contribution in [1.29, 1.82) is 0 Å². The Morgan fingerprint density at radius 1 is 1.47 bits per heavy atom. The van der Waals surface area contributed by atoms with Crippen LogP contribution in [0.2, 0.25) is 0 Å². The first-order valence-electron chi connectivity index (χ1n) is 6.35. The summed E-state index contributed by atoms with van der Waals surface area (Å²) in [5, 5.41) is 11.4. The van der Waals surface area contributed by atoms with Crippen LogP contribution in [0.5, 0.6) is 0 Å². The van der Waals surface area contributed by atoms with Crippen LogP contribution >= 0.6 is 0 Å². The van der Waals surface area contributed by atoms with Crippen molar-refractivity contribution in [2.75, 3.05) is 11.1 Å². The predicted molar refractivity (Wildman–Crippen MR) is 73.5 cm³/mol. The van der Waals surface area contributed by atoms with E-state index in [2.05, 4.69) is 32.4 Å². The quantitative estimate of drug-likeness (QED) is 0.847. The molecule has 102 valence electrons. The van der Waals surface area contributed by atoms with E-state index in [0.29, 0.717) is 0 Å². The summed E-state index contributed by atoms with van der Waals surface area (Å²) in [7, 11) is 0. The number of nitrogens with zero attached hydrogens (tertiary/aromatic N) is 5. The third-order valence-corrected chi connectivity index (χ3v) is 2.84. The smallest absolute Gasteiger partial charge is 0.221 e. The van der Waals surface area contributed by atoms with Gasteiger partial charge < -0.3 is 15.6 Å². The first-order valence-corrected chi connectivity index (χ1v) is 6.35. The summed E-state index contributed by atoms with van der Waals surface area (Å²) in [5.74, 6) is 1.87. The zero-order valence-corrected chi connectivity index (χ0v) is 11.5. The molecule has 7 heteroatoms. The normalized spacial score (nSPS) is 12.4. The second-order valence-corrected chi connectivity index (χ2v) is 4.51. The summed E-state index contributed by atoms with van der Waals surface area (Å²) in [6, 6.07) is 0.00190. The molecule has 2 aromatic rings. The molecule has 0 aliphatic heterocycles. The van der Waals surface area contributed by atoms with E-state index in [9.17, 15) is 0 Å². The van der Waals surface area contributed by atoms with Gasteiger partial charge in [-0.25, -0.2) is 4.98 Å². The van der Waals surface area contributed by atoms with Crippen LogP contribution in [0.25, 0.3) is 0 Å². The number of hydrogen-bond acceptors (Lipinski definition) is 6. The predicted octanol–water partition coefficient (Wildman–Crippen LogP) is 1.54. The van der Waals surface area contributed by atoms with Crippen LogP contribution in [0, 0.1) is 6.92 Å². The standard InChI is InChI=1S/C12H19N7/c1-4-5-19-7-15-18-11(19)9(3)16-10-8(2)6-14-12(13)17-10/h6-7,9H,4-5H2,1-3H3,(H3,13,14,16,17)/t9-/m0/s1. The maximum Gasteiger partial charge on any atom is 0.221 e. The van der Waals surface area contributed by atoms with E-state index in [-0.39, 0.29) is 12.0 Å². The number of nitrogens with one attached hydrogen (secondary N) is 1. The van der Waals surface area contributed by atoms with Crippen molar-refractivity contribution >= 4 is 11.8 Å². The summed E-state index contributed by atoms with van der Waals surface area (Å²) >= 11 is 0. The lowest BCUT2D eigenvalue weighted by Crippen LogP contribution is -2.15. The molecule has 0 saturated heterocycles. The molecule has 1 atom stereocenters. The van der Waals surface area contributed by atoms with Crippen molar-refractivity contribution in [2.24, 2.45) is 0 Å². The molecule has 0 fully saturated rings. The third-order valence-electron chi connectivity index (χ3n) is 2.84. The number of nitrogens with two attached hydrogens (primary N) is 1. The SMILES string of the molecule is CCCn1cnnc1[C@H](C)Nc1nc(N)ncc1C. The van der Waals surface area contributed by atoms with Crippen LogP contribution in [0.4, 0.5) is 11.8 Å². The molecule has 2 aromatic heterocycles. The fourth-order valence-electron chi connectivity index (χ4n) is 1.88. The monoisotopic (exact) mass is 261 g/mol. The number of nitrogen functional groups attached to an aromatic ring is 1. The van der Waals surface area contributed by atoms with Crippen molar-refractivity contribution in [3.63, 3.8) is 0 Å². The van der Waals surface area contributed by atoms with Gasteiger partial charge in [0.2, 0.25) is 5.95 Å². The van der Waals surface area contributed by atoms with E-state index in [1.165, 1.54) is 0 Å². The molecule has 19 heavy (non-hydrogen) atoms. The lowest BCUT2D eigenvalue weighted by molar-refractivity contribution is 0.613. The Kier molecular flexibility index (Phi) is 3.94. The molecule has 0 amide bonds. The van der Waals surface area contributed by atoms with E-state index in [0.717, 1.165) is 30.2 Å². The van der Waals surface area contributed by atoms with Crippen molar-refractivity contribution in [1.82, 2.24) is 24.7 Å². The highest BCUT2D eigenvalue weighted by molar-refractivity contribution is 5.46. The van der Waals surface area contributed by atoms with Crippen molar-refractivity contribution in [3.05, 3.63) is 23.9 Å². The molecule has 0 spiro atoms. The molecule has 0 aliphatic carbocycles. The highest BCUT2D eigenvalue weighted by Crippen LogP contribution is 2.19. The number of hydrogen-bond donors (Lipinski definition) is 2. The van der Waals surface area contributed by atoms with Gasteiger partial charge in [0.25, 0.3) is 0 Å². The van der Waals surface area contributed by atoms with E-state index >= 15 is 0 Å². The van der Waals surface area contributed by atoms with Gasteiger partial charge in [0.1, 0.15) is 12.1 Å². The lowest BCUT2D eigenvalue weighted by Gasteiger charge is -2.16. The molecular weight excluding hydrogens is 242 g/mol. The summed E-state index contributed by atoms with van der Waals surface area (Å²) in [4.78, 5) is 8.15. The molecule has 0 bridgehead atoms. The number of aromatic nitrogens is 5. The molecular formula is C12H19N7. The van der Waals surface area contributed by atoms with Crippen LogP contribution in [0.1, 0.15) is 37.7 Å². The van der Waals surface area contributed by atoms with Crippen molar-refractivity contribution in [3.8, 4) is 0 Å². The van der Waals surface area contributed by atoms with Crippen molar-refractivity contribution < 1.29 is 0 Å². The van der Waals surface area contributed by atoms with Gasteiger partial charge in [0.05, 0.1) is 6.04 Å². The van der Waals surface area contributed by atoms with E-state index in [4.69, 9.17) is 5.73 Å². The molecule has 3 N–H and O–H groups in total. The Bertz CT molecular complexity index is 549. The Morgan fingerprint density at radius 2 is 2.26 bits per heavy atom. The van der Waals surface area contributed by atoms with E-state index < -0.39 is 0 Å². The highest BCUT2D eigenvalue weighted by Gasteiger charge is 2.14. The largest absolute Gasteiger partial charge is 0.368 e. The fourth-order valence-corrected chi connectivity index (χ4v) is 1.88. The minimum atomic E-state index is 0.00190. The second-order valence-electron chi connectivity index (χ2n) is 4.51. The van der Waals surface area contributed by atoms with E-state index in [1.807, 2.05) is 18.4 Å². The Balaban J connectivity index is 2.18. The minimum absolute atomic E-state index is 0.00190. The molecule has 0 radical (unpaired) electrons. The van der Waals surface area contributed by atoms with Gasteiger partial charge in [-0.05, 0) is 20.3 Å². The lowest BCUT2D eigenvalue weighted by atomic mass is 10.2. The molecule has 2 heterocycles. The molecule has 0 aliphatic rings. The second kappa shape index (κ2) is 5.64. The van der Waals surface area contributed by atoms with Gasteiger partial charge in [-0.15, -0.1) is 10.2 Å².